The number of hydrogen-bond donors (Lipinski definition) is 2. The van der Waals surface area contributed by atoms with E-state index in [1.54, 1.807) is 0 Å². The lowest BCUT2D eigenvalue weighted by molar-refractivity contribution is -0.114. The Labute approximate surface area is 210 Å². The van der Waals surface area contributed by atoms with E-state index in [-0.39, 0.29) is 5.92 Å². The van der Waals surface area contributed by atoms with Gasteiger partial charge in [0.15, 0.2) is 7.26 Å². The summed E-state index contributed by atoms with van der Waals surface area (Å²) in [6.45, 7) is 8.27. The van der Waals surface area contributed by atoms with Crippen molar-refractivity contribution < 1.29 is 4.79 Å². The molecular formula is C31H36N2OP+. The van der Waals surface area contributed by atoms with Gasteiger partial charge in [-0.3, -0.25) is 4.79 Å². The largest absolute Gasteiger partial charge is 0.397 e. The van der Waals surface area contributed by atoms with E-state index < -0.39 is 7.26 Å². The molecule has 0 unspecified atom stereocenters. The van der Waals surface area contributed by atoms with Gasteiger partial charge in [0.2, 0.25) is 0 Å². The third kappa shape index (κ3) is 5.81. The first-order valence-electron chi connectivity index (χ1n) is 12.0. The summed E-state index contributed by atoms with van der Waals surface area (Å²) in [5.41, 5.74) is 14.1. The van der Waals surface area contributed by atoms with E-state index in [4.69, 9.17) is 11.5 Å². The van der Waals surface area contributed by atoms with Crippen molar-refractivity contribution in [1.29, 1.82) is 0 Å². The number of nitrogen functional groups attached to an aromatic ring is 2. The Morgan fingerprint density at radius 1 is 0.600 bits per heavy atom. The molecule has 0 saturated heterocycles. The number of rotatable bonds is 6. The SMILES string of the molecule is CC(C)C(=O)[P+](c1ccccc1)(c1ccccc1)c1ccccc1.CC(C)c1ccc(N)c(N)c1. The molecule has 0 saturated carbocycles. The van der Waals surface area contributed by atoms with Gasteiger partial charge < -0.3 is 11.5 Å². The van der Waals surface area contributed by atoms with Crippen LogP contribution in [0.3, 0.4) is 0 Å². The summed E-state index contributed by atoms with van der Waals surface area (Å²) in [5, 5.41) is 3.38. The van der Waals surface area contributed by atoms with E-state index in [9.17, 15) is 4.79 Å². The molecule has 0 aliphatic heterocycles. The monoisotopic (exact) mass is 483 g/mol. The third-order valence-corrected chi connectivity index (χ3v) is 10.4. The van der Waals surface area contributed by atoms with Gasteiger partial charge in [-0.15, -0.1) is 0 Å². The number of carbonyl (C=O) groups excluding carboxylic acids is 1. The molecule has 0 amide bonds. The number of benzene rings is 4. The first kappa shape index (κ1) is 26.2. The molecular weight excluding hydrogens is 447 g/mol. The van der Waals surface area contributed by atoms with Crippen LogP contribution in [0.1, 0.15) is 39.2 Å². The molecule has 0 radical (unpaired) electrons. The minimum atomic E-state index is -2.34. The molecule has 4 rings (SSSR count). The maximum atomic E-state index is 13.6. The van der Waals surface area contributed by atoms with Crippen LogP contribution in [0, 0.1) is 5.92 Å². The fourth-order valence-electron chi connectivity index (χ4n) is 4.12. The second-order valence-electron chi connectivity index (χ2n) is 9.21. The average molecular weight is 484 g/mol. The van der Waals surface area contributed by atoms with Crippen LogP contribution in [-0.2, 0) is 4.79 Å². The van der Waals surface area contributed by atoms with E-state index in [1.807, 2.05) is 86.6 Å². The van der Waals surface area contributed by atoms with Crippen molar-refractivity contribution in [2.75, 3.05) is 11.5 Å². The molecule has 0 spiro atoms. The van der Waals surface area contributed by atoms with Gasteiger partial charge in [-0.1, -0.05) is 88.4 Å². The van der Waals surface area contributed by atoms with Crippen LogP contribution < -0.4 is 27.4 Å². The first-order chi connectivity index (χ1) is 16.8. The zero-order valence-corrected chi connectivity index (χ0v) is 22.0. The lowest BCUT2D eigenvalue weighted by Gasteiger charge is -2.26. The summed E-state index contributed by atoms with van der Waals surface area (Å²) in [5.74, 6) is 0.483. The van der Waals surface area contributed by atoms with E-state index in [1.165, 1.54) is 5.56 Å². The van der Waals surface area contributed by atoms with E-state index in [0.29, 0.717) is 22.8 Å². The summed E-state index contributed by atoms with van der Waals surface area (Å²) in [4.78, 5) is 13.6. The third-order valence-electron chi connectivity index (χ3n) is 6.03. The van der Waals surface area contributed by atoms with Gasteiger partial charge in [-0.2, -0.15) is 0 Å². The highest BCUT2D eigenvalue weighted by molar-refractivity contribution is 8.08. The van der Waals surface area contributed by atoms with Crippen molar-refractivity contribution in [2.24, 2.45) is 5.92 Å². The average Bonchev–Trinajstić information content (AvgIpc) is 2.88. The summed E-state index contributed by atoms with van der Waals surface area (Å²) in [7, 11) is -2.34. The molecule has 0 aliphatic rings. The van der Waals surface area contributed by atoms with Crippen LogP contribution in [0.2, 0.25) is 0 Å². The Hall–Kier alpha value is -3.42. The summed E-state index contributed by atoms with van der Waals surface area (Å²) >= 11 is 0. The number of hydrogen-bond acceptors (Lipinski definition) is 3. The highest BCUT2D eigenvalue weighted by Gasteiger charge is 2.53. The highest BCUT2D eigenvalue weighted by Crippen LogP contribution is 2.57. The second kappa shape index (κ2) is 11.8. The van der Waals surface area contributed by atoms with E-state index >= 15 is 0 Å². The molecule has 4 aromatic carbocycles. The molecule has 0 atom stereocenters. The summed E-state index contributed by atoms with van der Waals surface area (Å²) in [6, 6.07) is 36.6. The zero-order valence-electron chi connectivity index (χ0n) is 21.1. The quantitative estimate of drug-likeness (QED) is 0.256. The molecule has 4 heteroatoms. The Morgan fingerprint density at radius 3 is 1.31 bits per heavy atom. The van der Waals surface area contributed by atoms with E-state index in [2.05, 4.69) is 50.2 Å². The van der Waals surface area contributed by atoms with Crippen molar-refractivity contribution in [3.63, 3.8) is 0 Å². The predicted octanol–water partition coefficient (Wildman–Crippen LogP) is 6.14. The van der Waals surface area contributed by atoms with Gasteiger partial charge in [0.05, 0.1) is 17.3 Å². The second-order valence-corrected chi connectivity index (χ2v) is 12.5. The van der Waals surface area contributed by atoms with Crippen molar-refractivity contribution in [3.8, 4) is 0 Å². The Kier molecular flexibility index (Phi) is 8.84. The summed E-state index contributed by atoms with van der Waals surface area (Å²) < 4.78 is 0. The first-order valence-corrected chi connectivity index (χ1v) is 13.8. The lowest BCUT2D eigenvalue weighted by Crippen LogP contribution is -2.38. The van der Waals surface area contributed by atoms with Gasteiger partial charge >= 0.3 is 0 Å². The molecule has 180 valence electrons. The molecule has 0 bridgehead atoms. The summed E-state index contributed by atoms with van der Waals surface area (Å²) in [6.07, 6.45) is 0. The highest BCUT2D eigenvalue weighted by atomic mass is 31.2. The van der Waals surface area contributed by atoms with Crippen molar-refractivity contribution in [1.82, 2.24) is 0 Å². The fraction of sp³-hybridized carbons (Fsp3) is 0.194. The van der Waals surface area contributed by atoms with Crippen molar-refractivity contribution >= 4 is 40.1 Å². The Balaban J connectivity index is 0.000000261. The van der Waals surface area contributed by atoms with Gasteiger partial charge in [-0.05, 0) is 60.0 Å². The van der Waals surface area contributed by atoms with Crippen LogP contribution >= 0.6 is 7.26 Å². The molecule has 35 heavy (non-hydrogen) atoms. The molecule has 0 aromatic heterocycles. The Bertz CT molecular complexity index is 1130. The predicted molar refractivity (Wildman–Crippen MR) is 154 cm³/mol. The number of carbonyl (C=O) groups is 1. The standard InChI is InChI=1S/C22H22OP.C9H14N2/c1-18(2)22(23)24(19-12-6-3-7-13-19,20-14-8-4-9-15-20)21-16-10-5-11-17-21;1-6(2)7-3-4-8(10)9(11)5-7/h3-18H,1-2H3;3-6H,10-11H2,1-2H3/q+1;. The normalized spacial score (nSPS) is 11.1. The van der Waals surface area contributed by atoms with Crippen LogP contribution in [0.5, 0.6) is 0 Å². The molecule has 0 fully saturated rings. The Morgan fingerprint density at radius 2 is 1.00 bits per heavy atom. The van der Waals surface area contributed by atoms with Gasteiger partial charge in [0.25, 0.3) is 5.52 Å². The van der Waals surface area contributed by atoms with Gasteiger partial charge in [0, 0.05) is 0 Å². The lowest BCUT2D eigenvalue weighted by atomic mass is 10.0. The minimum absolute atomic E-state index is 0.0287. The van der Waals surface area contributed by atoms with Gasteiger partial charge in [0.1, 0.15) is 15.9 Å². The molecule has 0 aliphatic carbocycles. The zero-order chi connectivity index (χ0) is 25.4. The van der Waals surface area contributed by atoms with Crippen LogP contribution in [0.15, 0.2) is 109 Å². The van der Waals surface area contributed by atoms with Gasteiger partial charge in [-0.25, -0.2) is 0 Å². The maximum absolute atomic E-state index is 13.6. The molecule has 4 N–H and O–H groups in total. The van der Waals surface area contributed by atoms with Crippen LogP contribution in [0.25, 0.3) is 0 Å². The number of anilines is 2. The van der Waals surface area contributed by atoms with Crippen LogP contribution in [0.4, 0.5) is 11.4 Å². The van der Waals surface area contributed by atoms with E-state index in [0.717, 1.165) is 15.9 Å². The topological polar surface area (TPSA) is 69.1 Å². The number of nitrogens with two attached hydrogens (primary N) is 2. The van der Waals surface area contributed by atoms with Crippen molar-refractivity contribution in [2.45, 2.75) is 33.6 Å². The maximum Gasteiger partial charge on any atom is 0.285 e. The molecule has 3 nitrogen and oxygen atoms in total. The van der Waals surface area contributed by atoms with Crippen LogP contribution in [-0.4, -0.2) is 5.52 Å². The minimum Gasteiger partial charge on any atom is -0.397 e. The molecule has 4 aromatic rings. The molecule has 0 heterocycles. The smallest absolute Gasteiger partial charge is 0.285 e. The van der Waals surface area contributed by atoms with Crippen molar-refractivity contribution in [3.05, 3.63) is 115 Å². The fourth-order valence-corrected chi connectivity index (χ4v) is 8.41.